The molecule has 4 nitrogen and oxygen atoms in total. The maximum absolute atomic E-state index is 12.4. The number of halogens is 2. The fourth-order valence-corrected chi connectivity index (χ4v) is 3.11. The summed E-state index contributed by atoms with van der Waals surface area (Å²) in [7, 11) is 0. The van der Waals surface area contributed by atoms with Crippen molar-refractivity contribution in [2.24, 2.45) is 0 Å². The van der Waals surface area contributed by atoms with E-state index in [1.807, 2.05) is 12.1 Å². The highest BCUT2D eigenvalue weighted by Gasteiger charge is 2.10. The van der Waals surface area contributed by atoms with Gasteiger partial charge >= 0.3 is 0 Å². The van der Waals surface area contributed by atoms with Crippen LogP contribution in [-0.4, -0.2) is 5.91 Å². The first-order valence-electron chi connectivity index (χ1n) is 9.53. The summed E-state index contributed by atoms with van der Waals surface area (Å²) in [6.07, 6.45) is 1.51. The van der Waals surface area contributed by atoms with Crippen LogP contribution < -0.4 is 10.1 Å². The molecule has 0 atom stereocenters. The van der Waals surface area contributed by atoms with Crippen LogP contribution in [0.5, 0.6) is 5.75 Å². The van der Waals surface area contributed by atoms with E-state index < -0.39 is 5.91 Å². The normalized spacial score (nSPS) is 11.0. The lowest BCUT2D eigenvalue weighted by atomic mass is 10.1. The topological polar surface area (TPSA) is 62.1 Å². The second kappa shape index (κ2) is 10.2. The number of aryl methyl sites for hydroxylation is 2. The quantitative estimate of drug-likeness (QED) is 0.334. The highest BCUT2D eigenvalue weighted by molar-refractivity contribution is 6.42. The average Bonchev–Trinajstić information content (AvgIpc) is 2.76. The van der Waals surface area contributed by atoms with Gasteiger partial charge in [0.05, 0.1) is 10.0 Å². The van der Waals surface area contributed by atoms with Crippen molar-refractivity contribution in [1.82, 2.24) is 0 Å². The zero-order valence-corrected chi connectivity index (χ0v) is 18.6. The summed E-state index contributed by atoms with van der Waals surface area (Å²) in [5.41, 5.74) is 4.70. The molecule has 0 saturated carbocycles. The first-order valence-corrected chi connectivity index (χ1v) is 10.3. The summed E-state index contributed by atoms with van der Waals surface area (Å²) in [4.78, 5) is 12.4. The summed E-state index contributed by atoms with van der Waals surface area (Å²) in [5.74, 6) is 0.171. The molecule has 0 aliphatic rings. The van der Waals surface area contributed by atoms with Crippen LogP contribution in [0.4, 0.5) is 5.69 Å². The minimum atomic E-state index is -0.532. The Morgan fingerprint density at radius 2 is 1.74 bits per heavy atom. The summed E-state index contributed by atoms with van der Waals surface area (Å²) < 4.78 is 5.83. The fraction of sp³-hybridized carbons (Fsp3) is 0.120. The number of carbonyl (C=O) groups is 1. The summed E-state index contributed by atoms with van der Waals surface area (Å²) in [6, 6.07) is 20.1. The van der Waals surface area contributed by atoms with E-state index in [0.29, 0.717) is 33.7 Å². The van der Waals surface area contributed by atoms with Gasteiger partial charge in [0.25, 0.3) is 5.91 Å². The van der Waals surface area contributed by atoms with Gasteiger partial charge in [-0.25, -0.2) is 0 Å². The van der Waals surface area contributed by atoms with Crippen molar-refractivity contribution in [2.75, 3.05) is 5.32 Å². The highest BCUT2D eigenvalue weighted by Crippen LogP contribution is 2.25. The number of hydrogen-bond donors (Lipinski definition) is 1. The molecule has 0 aliphatic heterocycles. The summed E-state index contributed by atoms with van der Waals surface area (Å²) in [6.45, 7) is 4.61. The van der Waals surface area contributed by atoms with Gasteiger partial charge in [0, 0.05) is 5.69 Å². The molecule has 0 bridgehead atoms. The molecule has 3 aromatic carbocycles. The Bertz CT molecular complexity index is 1180. The molecule has 0 fully saturated rings. The molecule has 156 valence electrons. The van der Waals surface area contributed by atoms with Crippen LogP contribution in [0.3, 0.4) is 0 Å². The van der Waals surface area contributed by atoms with E-state index in [1.54, 1.807) is 36.4 Å². The summed E-state index contributed by atoms with van der Waals surface area (Å²) in [5, 5.41) is 12.7. The number of nitrogens with zero attached hydrogens (tertiary/aromatic N) is 1. The zero-order valence-electron chi connectivity index (χ0n) is 17.1. The number of carbonyl (C=O) groups excluding carboxylic acids is 1. The molecule has 1 amide bonds. The van der Waals surface area contributed by atoms with Crippen molar-refractivity contribution < 1.29 is 9.53 Å². The largest absolute Gasteiger partial charge is 0.489 e. The minimum Gasteiger partial charge on any atom is -0.489 e. The molecular weight excluding hydrogens is 431 g/mol. The first-order chi connectivity index (χ1) is 14.9. The van der Waals surface area contributed by atoms with E-state index in [2.05, 4.69) is 31.3 Å². The van der Waals surface area contributed by atoms with Gasteiger partial charge in [-0.15, -0.1) is 0 Å². The molecule has 0 spiro atoms. The van der Waals surface area contributed by atoms with Crippen molar-refractivity contribution in [3.8, 4) is 11.8 Å². The predicted molar refractivity (Wildman–Crippen MR) is 125 cm³/mol. The van der Waals surface area contributed by atoms with Gasteiger partial charge in [0.15, 0.2) is 0 Å². The molecule has 1 N–H and O–H groups in total. The Hall–Kier alpha value is -3.26. The average molecular weight is 451 g/mol. The molecule has 0 heterocycles. The van der Waals surface area contributed by atoms with Gasteiger partial charge < -0.3 is 10.1 Å². The molecular formula is C25H20Cl2N2O2. The Morgan fingerprint density at radius 3 is 2.39 bits per heavy atom. The number of ether oxygens (including phenoxy) is 1. The maximum atomic E-state index is 12.4. The van der Waals surface area contributed by atoms with Crippen LogP contribution in [-0.2, 0) is 11.4 Å². The Labute approximate surface area is 191 Å². The molecule has 0 aromatic heterocycles. The van der Waals surface area contributed by atoms with Crippen LogP contribution in [0.15, 0.2) is 66.2 Å². The van der Waals surface area contributed by atoms with Crippen LogP contribution in [0, 0.1) is 25.2 Å². The standard InChI is InChI=1S/C25H20Cl2N2O2/c1-16-3-4-19(11-17(16)2)15-31-22-8-5-18(6-9-22)12-20(14-28)25(30)29-21-7-10-23(26)24(27)13-21/h3-13H,15H2,1-2H3,(H,29,30)/b20-12+. The van der Waals surface area contributed by atoms with Crippen molar-refractivity contribution >= 4 is 40.9 Å². The number of rotatable bonds is 6. The molecule has 0 radical (unpaired) electrons. The maximum Gasteiger partial charge on any atom is 0.266 e. The Kier molecular flexibility index (Phi) is 7.36. The van der Waals surface area contributed by atoms with E-state index in [9.17, 15) is 10.1 Å². The molecule has 31 heavy (non-hydrogen) atoms. The zero-order chi connectivity index (χ0) is 22.4. The number of nitriles is 1. The van der Waals surface area contributed by atoms with Crippen molar-refractivity contribution in [3.05, 3.63) is 98.5 Å². The Morgan fingerprint density at radius 1 is 1.00 bits per heavy atom. The highest BCUT2D eigenvalue weighted by atomic mass is 35.5. The van der Waals surface area contributed by atoms with E-state index >= 15 is 0 Å². The molecule has 0 aliphatic carbocycles. The lowest BCUT2D eigenvalue weighted by Gasteiger charge is -2.09. The Balaban J connectivity index is 1.65. The van der Waals surface area contributed by atoms with E-state index in [0.717, 1.165) is 5.56 Å². The first kappa shape index (κ1) is 22.4. The number of benzene rings is 3. The second-order valence-electron chi connectivity index (χ2n) is 7.03. The lowest BCUT2D eigenvalue weighted by molar-refractivity contribution is -0.112. The van der Waals surface area contributed by atoms with E-state index in [4.69, 9.17) is 27.9 Å². The molecule has 3 aromatic rings. The van der Waals surface area contributed by atoms with Crippen LogP contribution in [0.1, 0.15) is 22.3 Å². The van der Waals surface area contributed by atoms with Crippen molar-refractivity contribution in [1.29, 1.82) is 5.26 Å². The number of amides is 1. The third kappa shape index (κ3) is 6.11. The molecule has 0 saturated heterocycles. The summed E-state index contributed by atoms with van der Waals surface area (Å²) >= 11 is 11.8. The minimum absolute atomic E-state index is 0.0325. The number of hydrogen-bond acceptors (Lipinski definition) is 3. The van der Waals surface area contributed by atoms with Gasteiger partial charge in [0.1, 0.15) is 24.0 Å². The van der Waals surface area contributed by atoms with E-state index in [-0.39, 0.29) is 5.57 Å². The van der Waals surface area contributed by atoms with Crippen LogP contribution >= 0.6 is 23.2 Å². The van der Waals surface area contributed by atoms with Gasteiger partial charge in [-0.1, -0.05) is 53.5 Å². The number of anilines is 1. The predicted octanol–water partition coefficient (Wildman–Crippen LogP) is 6.73. The van der Waals surface area contributed by atoms with Gasteiger partial charge in [-0.3, -0.25) is 4.79 Å². The second-order valence-corrected chi connectivity index (χ2v) is 7.84. The van der Waals surface area contributed by atoms with Crippen LogP contribution in [0.2, 0.25) is 10.0 Å². The smallest absolute Gasteiger partial charge is 0.266 e. The number of nitrogens with one attached hydrogen (secondary N) is 1. The SMILES string of the molecule is Cc1ccc(COc2ccc(/C=C(\C#N)C(=O)Nc3ccc(Cl)c(Cl)c3)cc2)cc1C. The molecule has 6 heteroatoms. The van der Waals surface area contributed by atoms with Crippen LogP contribution in [0.25, 0.3) is 6.08 Å². The van der Waals surface area contributed by atoms with Gasteiger partial charge in [-0.2, -0.15) is 5.26 Å². The van der Waals surface area contributed by atoms with Gasteiger partial charge in [0.2, 0.25) is 0 Å². The van der Waals surface area contributed by atoms with Crippen molar-refractivity contribution in [2.45, 2.75) is 20.5 Å². The monoisotopic (exact) mass is 450 g/mol. The van der Waals surface area contributed by atoms with Gasteiger partial charge in [-0.05, 0) is 72.5 Å². The van der Waals surface area contributed by atoms with E-state index in [1.165, 1.54) is 23.3 Å². The third-order valence-electron chi connectivity index (χ3n) is 4.71. The third-order valence-corrected chi connectivity index (χ3v) is 5.45. The van der Waals surface area contributed by atoms with Crippen molar-refractivity contribution in [3.63, 3.8) is 0 Å². The molecule has 0 unspecified atom stereocenters. The molecule has 3 rings (SSSR count). The lowest BCUT2D eigenvalue weighted by Crippen LogP contribution is -2.13. The fourth-order valence-electron chi connectivity index (χ4n) is 2.81.